The molecule has 0 radical (unpaired) electrons. The lowest BCUT2D eigenvalue weighted by Crippen LogP contribution is -2.39. The van der Waals surface area contributed by atoms with Gasteiger partial charge in [0.1, 0.15) is 5.82 Å². The Labute approximate surface area is 118 Å². The average Bonchev–Trinajstić information content (AvgIpc) is 2.49. The maximum atomic E-state index is 11.0. The number of amides is 1. The van der Waals surface area contributed by atoms with Gasteiger partial charge in [0.2, 0.25) is 5.91 Å². The van der Waals surface area contributed by atoms with E-state index in [9.17, 15) is 4.79 Å². The molecule has 0 spiro atoms. The van der Waals surface area contributed by atoms with Crippen LogP contribution in [-0.2, 0) is 9.47 Å². The van der Waals surface area contributed by atoms with Crippen molar-refractivity contribution in [2.75, 3.05) is 32.2 Å². The molecule has 2 N–H and O–H groups in total. The van der Waals surface area contributed by atoms with E-state index in [0.717, 1.165) is 31.7 Å². The van der Waals surface area contributed by atoms with Crippen molar-refractivity contribution in [2.45, 2.75) is 19.1 Å². The van der Waals surface area contributed by atoms with Gasteiger partial charge in [-0.3, -0.25) is 4.79 Å². The van der Waals surface area contributed by atoms with Crippen LogP contribution in [0.2, 0.25) is 0 Å². The van der Waals surface area contributed by atoms with Gasteiger partial charge in [0.25, 0.3) is 0 Å². The van der Waals surface area contributed by atoms with E-state index in [-0.39, 0.29) is 6.29 Å². The Morgan fingerprint density at radius 3 is 2.45 bits per heavy atom. The third-order valence-corrected chi connectivity index (χ3v) is 3.75. The number of aromatic nitrogens is 1. The van der Waals surface area contributed by atoms with Gasteiger partial charge in [-0.1, -0.05) is 0 Å². The number of anilines is 1. The molecule has 1 saturated heterocycles. The molecule has 6 heteroatoms. The first-order valence-corrected chi connectivity index (χ1v) is 6.72. The lowest BCUT2D eigenvalue weighted by Gasteiger charge is -2.35. The van der Waals surface area contributed by atoms with Crippen molar-refractivity contribution in [2.24, 2.45) is 11.7 Å². The summed E-state index contributed by atoms with van der Waals surface area (Å²) in [6.07, 6.45) is 3.37. The van der Waals surface area contributed by atoms with E-state index >= 15 is 0 Å². The van der Waals surface area contributed by atoms with Crippen LogP contribution in [0, 0.1) is 5.92 Å². The molecule has 0 aromatic carbocycles. The molecule has 1 fully saturated rings. The predicted molar refractivity (Wildman–Crippen MR) is 75.5 cm³/mol. The number of carbonyl (C=O) groups is 1. The van der Waals surface area contributed by atoms with E-state index in [1.165, 1.54) is 6.20 Å². The highest BCUT2D eigenvalue weighted by Gasteiger charge is 2.26. The highest BCUT2D eigenvalue weighted by Crippen LogP contribution is 2.25. The maximum absolute atomic E-state index is 11.0. The van der Waals surface area contributed by atoms with E-state index in [1.807, 2.05) is 6.07 Å². The molecule has 2 rings (SSSR count). The number of primary amides is 1. The second-order valence-electron chi connectivity index (χ2n) is 4.93. The van der Waals surface area contributed by atoms with Gasteiger partial charge < -0.3 is 20.1 Å². The molecule has 110 valence electrons. The number of hydrogen-bond acceptors (Lipinski definition) is 5. The van der Waals surface area contributed by atoms with E-state index < -0.39 is 5.91 Å². The van der Waals surface area contributed by atoms with Gasteiger partial charge in [0, 0.05) is 39.4 Å². The summed E-state index contributed by atoms with van der Waals surface area (Å²) in [6.45, 7) is 1.80. The van der Waals surface area contributed by atoms with Crippen LogP contribution < -0.4 is 10.6 Å². The second kappa shape index (κ2) is 6.67. The minimum Gasteiger partial charge on any atom is -0.366 e. The SMILES string of the molecule is COC(OC)C1CCN(c2ccc(C(N)=O)cn2)CC1. The van der Waals surface area contributed by atoms with Gasteiger partial charge in [0.15, 0.2) is 6.29 Å². The van der Waals surface area contributed by atoms with E-state index in [1.54, 1.807) is 20.3 Å². The van der Waals surface area contributed by atoms with Crippen molar-refractivity contribution in [1.82, 2.24) is 4.98 Å². The van der Waals surface area contributed by atoms with Crippen LogP contribution in [0.5, 0.6) is 0 Å². The van der Waals surface area contributed by atoms with Crippen LogP contribution >= 0.6 is 0 Å². The Morgan fingerprint density at radius 2 is 2.00 bits per heavy atom. The van der Waals surface area contributed by atoms with Gasteiger partial charge in [0.05, 0.1) is 5.56 Å². The fraction of sp³-hybridized carbons (Fsp3) is 0.571. The number of piperidine rings is 1. The standard InChI is InChI=1S/C14H21N3O3/c1-19-14(20-2)10-5-7-17(8-6-10)12-4-3-11(9-16-12)13(15)18/h3-4,9-10,14H,5-8H2,1-2H3,(H2,15,18). The zero-order chi connectivity index (χ0) is 14.5. The van der Waals surface area contributed by atoms with Crippen LogP contribution in [0.15, 0.2) is 18.3 Å². The molecule has 20 heavy (non-hydrogen) atoms. The Kier molecular flexibility index (Phi) is 4.92. The number of nitrogens with zero attached hydrogens (tertiary/aromatic N) is 2. The number of pyridine rings is 1. The van der Waals surface area contributed by atoms with Crippen molar-refractivity contribution in [3.63, 3.8) is 0 Å². The Bertz CT molecular complexity index is 437. The molecule has 2 heterocycles. The lowest BCUT2D eigenvalue weighted by molar-refractivity contribution is -0.141. The van der Waals surface area contributed by atoms with Crippen LogP contribution in [0.1, 0.15) is 23.2 Å². The predicted octanol–water partition coefficient (Wildman–Crippen LogP) is 1.02. The largest absolute Gasteiger partial charge is 0.366 e. The minimum atomic E-state index is -0.453. The van der Waals surface area contributed by atoms with Gasteiger partial charge in [-0.2, -0.15) is 0 Å². The molecule has 1 aromatic heterocycles. The molecule has 6 nitrogen and oxygen atoms in total. The number of methoxy groups -OCH3 is 2. The maximum Gasteiger partial charge on any atom is 0.250 e. The molecule has 0 saturated carbocycles. The fourth-order valence-electron chi connectivity index (χ4n) is 2.60. The zero-order valence-corrected chi connectivity index (χ0v) is 11.9. The quantitative estimate of drug-likeness (QED) is 0.814. The minimum absolute atomic E-state index is 0.137. The third kappa shape index (κ3) is 3.26. The first-order valence-electron chi connectivity index (χ1n) is 6.72. The molecule has 0 unspecified atom stereocenters. The molecule has 1 aromatic rings. The normalized spacial score (nSPS) is 16.6. The van der Waals surface area contributed by atoms with Gasteiger partial charge in [-0.15, -0.1) is 0 Å². The summed E-state index contributed by atoms with van der Waals surface area (Å²) in [5, 5.41) is 0. The summed E-state index contributed by atoms with van der Waals surface area (Å²) < 4.78 is 10.6. The zero-order valence-electron chi connectivity index (χ0n) is 11.9. The van der Waals surface area contributed by atoms with E-state index in [0.29, 0.717) is 11.5 Å². The average molecular weight is 279 g/mol. The molecule has 1 amide bonds. The summed E-state index contributed by atoms with van der Waals surface area (Å²) in [7, 11) is 3.34. The van der Waals surface area contributed by atoms with Gasteiger partial charge >= 0.3 is 0 Å². The number of hydrogen-bond donors (Lipinski definition) is 1. The summed E-state index contributed by atoms with van der Waals surface area (Å²) in [5.41, 5.74) is 5.64. The smallest absolute Gasteiger partial charge is 0.250 e. The molecule has 1 aliphatic rings. The fourth-order valence-corrected chi connectivity index (χ4v) is 2.60. The van der Waals surface area contributed by atoms with Gasteiger partial charge in [-0.05, 0) is 25.0 Å². The van der Waals surface area contributed by atoms with Crippen molar-refractivity contribution < 1.29 is 14.3 Å². The third-order valence-electron chi connectivity index (χ3n) is 3.75. The Hall–Kier alpha value is -1.66. The monoisotopic (exact) mass is 279 g/mol. The van der Waals surface area contributed by atoms with Crippen LogP contribution in [-0.4, -0.2) is 44.5 Å². The molecule has 0 atom stereocenters. The van der Waals surface area contributed by atoms with Crippen LogP contribution in [0.3, 0.4) is 0 Å². The lowest BCUT2D eigenvalue weighted by atomic mass is 9.96. The van der Waals surface area contributed by atoms with Gasteiger partial charge in [-0.25, -0.2) is 4.98 Å². The van der Waals surface area contributed by atoms with E-state index in [4.69, 9.17) is 15.2 Å². The summed E-state index contributed by atoms with van der Waals surface area (Å²) in [5.74, 6) is 0.830. The molecule has 1 aliphatic heterocycles. The number of rotatable bonds is 5. The summed E-state index contributed by atoms with van der Waals surface area (Å²) in [6, 6.07) is 3.55. The first-order chi connectivity index (χ1) is 9.65. The second-order valence-corrected chi connectivity index (χ2v) is 4.93. The number of nitrogens with two attached hydrogens (primary N) is 1. The molecular formula is C14H21N3O3. The Morgan fingerprint density at radius 1 is 1.35 bits per heavy atom. The highest BCUT2D eigenvalue weighted by molar-refractivity contribution is 5.92. The summed E-state index contributed by atoms with van der Waals surface area (Å²) >= 11 is 0. The van der Waals surface area contributed by atoms with Crippen LogP contribution in [0.4, 0.5) is 5.82 Å². The van der Waals surface area contributed by atoms with Crippen molar-refractivity contribution in [3.05, 3.63) is 23.9 Å². The van der Waals surface area contributed by atoms with Crippen molar-refractivity contribution in [1.29, 1.82) is 0 Å². The van der Waals surface area contributed by atoms with E-state index in [2.05, 4.69) is 9.88 Å². The molecular weight excluding hydrogens is 258 g/mol. The number of ether oxygens (including phenoxy) is 2. The van der Waals surface area contributed by atoms with Crippen molar-refractivity contribution >= 4 is 11.7 Å². The number of carbonyl (C=O) groups excluding carboxylic acids is 1. The van der Waals surface area contributed by atoms with Crippen molar-refractivity contribution in [3.8, 4) is 0 Å². The summed E-state index contributed by atoms with van der Waals surface area (Å²) in [4.78, 5) is 17.5. The highest BCUT2D eigenvalue weighted by atomic mass is 16.7. The Balaban J connectivity index is 1.95. The first kappa shape index (κ1) is 14.7. The topological polar surface area (TPSA) is 77.7 Å². The molecule has 0 bridgehead atoms. The van der Waals surface area contributed by atoms with Crippen LogP contribution in [0.25, 0.3) is 0 Å². The molecule has 0 aliphatic carbocycles.